The van der Waals surface area contributed by atoms with Gasteiger partial charge in [-0.3, -0.25) is 4.99 Å². The van der Waals surface area contributed by atoms with Crippen molar-refractivity contribution in [2.45, 2.75) is 0 Å². The van der Waals surface area contributed by atoms with E-state index in [1.807, 2.05) is 0 Å². The summed E-state index contributed by atoms with van der Waals surface area (Å²) in [6.45, 7) is 1.67. The molecule has 0 aliphatic carbocycles. The summed E-state index contributed by atoms with van der Waals surface area (Å²) < 4.78 is 0. The molecule has 50 valence electrons. The SMILES string of the molecule is CN=CC1=C(N)CNC1. The van der Waals surface area contributed by atoms with E-state index in [4.69, 9.17) is 5.73 Å². The minimum Gasteiger partial charge on any atom is -0.401 e. The van der Waals surface area contributed by atoms with Gasteiger partial charge < -0.3 is 11.1 Å². The third kappa shape index (κ3) is 1.29. The van der Waals surface area contributed by atoms with Crippen LogP contribution in [0.5, 0.6) is 0 Å². The van der Waals surface area contributed by atoms with Crippen molar-refractivity contribution in [3.63, 3.8) is 0 Å². The molecule has 1 heterocycles. The van der Waals surface area contributed by atoms with E-state index >= 15 is 0 Å². The van der Waals surface area contributed by atoms with Crippen molar-refractivity contribution in [2.24, 2.45) is 10.7 Å². The standard InChI is InChI=1S/C6H11N3/c1-8-2-5-3-9-4-6(5)7/h2,9H,3-4,7H2,1H3. The topological polar surface area (TPSA) is 50.4 Å². The third-order valence-corrected chi connectivity index (χ3v) is 1.33. The van der Waals surface area contributed by atoms with Gasteiger partial charge in [0.15, 0.2) is 0 Å². The molecule has 0 atom stereocenters. The number of aliphatic imine (C=N–C) groups is 1. The van der Waals surface area contributed by atoms with Crippen LogP contribution in [0.1, 0.15) is 0 Å². The predicted molar refractivity (Wildman–Crippen MR) is 38.5 cm³/mol. The van der Waals surface area contributed by atoms with Gasteiger partial charge in [-0.05, 0) is 0 Å². The van der Waals surface area contributed by atoms with E-state index in [9.17, 15) is 0 Å². The highest BCUT2D eigenvalue weighted by Crippen LogP contribution is 1.99. The van der Waals surface area contributed by atoms with Crippen molar-refractivity contribution < 1.29 is 0 Å². The molecule has 0 radical (unpaired) electrons. The van der Waals surface area contributed by atoms with Gasteiger partial charge in [-0.2, -0.15) is 0 Å². The van der Waals surface area contributed by atoms with E-state index in [2.05, 4.69) is 10.3 Å². The quantitative estimate of drug-likeness (QED) is 0.464. The van der Waals surface area contributed by atoms with Crippen LogP contribution in [0.4, 0.5) is 0 Å². The highest BCUT2D eigenvalue weighted by molar-refractivity contribution is 5.80. The average molecular weight is 125 g/mol. The van der Waals surface area contributed by atoms with Gasteiger partial charge >= 0.3 is 0 Å². The molecule has 0 aromatic rings. The third-order valence-electron chi connectivity index (χ3n) is 1.33. The molecule has 0 saturated carbocycles. The number of nitrogens with zero attached hydrogens (tertiary/aromatic N) is 1. The Hall–Kier alpha value is -0.830. The van der Waals surface area contributed by atoms with Crippen LogP contribution in [-0.4, -0.2) is 26.4 Å². The van der Waals surface area contributed by atoms with Crippen molar-refractivity contribution >= 4 is 6.21 Å². The van der Waals surface area contributed by atoms with Crippen LogP contribution in [0.3, 0.4) is 0 Å². The van der Waals surface area contributed by atoms with Crippen molar-refractivity contribution in [3.05, 3.63) is 11.3 Å². The summed E-state index contributed by atoms with van der Waals surface area (Å²) in [5.41, 5.74) is 7.63. The number of hydrogen-bond donors (Lipinski definition) is 2. The van der Waals surface area contributed by atoms with Crippen molar-refractivity contribution in [3.8, 4) is 0 Å². The van der Waals surface area contributed by atoms with E-state index < -0.39 is 0 Å². The Labute approximate surface area is 54.7 Å². The molecule has 0 saturated heterocycles. The van der Waals surface area contributed by atoms with Crippen LogP contribution in [-0.2, 0) is 0 Å². The zero-order chi connectivity index (χ0) is 6.69. The van der Waals surface area contributed by atoms with E-state index in [1.54, 1.807) is 13.3 Å². The lowest BCUT2D eigenvalue weighted by Gasteiger charge is -1.89. The lowest BCUT2D eigenvalue weighted by molar-refractivity contribution is 0.867. The number of nitrogens with one attached hydrogen (secondary N) is 1. The van der Waals surface area contributed by atoms with Gasteiger partial charge in [-0.15, -0.1) is 0 Å². The highest BCUT2D eigenvalue weighted by atomic mass is 14.9. The molecule has 1 aliphatic heterocycles. The first-order valence-electron chi connectivity index (χ1n) is 2.95. The van der Waals surface area contributed by atoms with Gasteiger partial charge in [0.05, 0.1) is 0 Å². The van der Waals surface area contributed by atoms with Gasteiger partial charge in [0.25, 0.3) is 0 Å². The number of rotatable bonds is 1. The molecule has 0 aromatic heterocycles. The van der Waals surface area contributed by atoms with Gasteiger partial charge in [0.1, 0.15) is 0 Å². The van der Waals surface area contributed by atoms with E-state index in [0.717, 1.165) is 24.4 Å². The van der Waals surface area contributed by atoms with Crippen molar-refractivity contribution in [1.82, 2.24) is 5.32 Å². The molecule has 1 aliphatic rings. The maximum atomic E-state index is 5.59. The Kier molecular flexibility index (Phi) is 1.85. The van der Waals surface area contributed by atoms with Gasteiger partial charge in [-0.1, -0.05) is 0 Å². The molecule has 0 bridgehead atoms. The fraction of sp³-hybridized carbons (Fsp3) is 0.500. The molecule has 3 nitrogen and oxygen atoms in total. The molecule has 0 unspecified atom stereocenters. The van der Waals surface area contributed by atoms with E-state index in [0.29, 0.717) is 0 Å². The summed E-state index contributed by atoms with van der Waals surface area (Å²) >= 11 is 0. The highest BCUT2D eigenvalue weighted by Gasteiger charge is 2.06. The van der Waals surface area contributed by atoms with Crippen LogP contribution in [0.25, 0.3) is 0 Å². The van der Waals surface area contributed by atoms with Crippen molar-refractivity contribution in [1.29, 1.82) is 0 Å². The van der Waals surface area contributed by atoms with Crippen LogP contribution < -0.4 is 11.1 Å². The first kappa shape index (κ1) is 6.29. The maximum absolute atomic E-state index is 5.59. The Bertz CT molecular complexity index is 158. The predicted octanol–water partition coefficient (Wildman–Crippen LogP) is -0.497. The minimum atomic E-state index is 0.807. The molecular weight excluding hydrogens is 114 g/mol. The molecule has 0 amide bonds. The number of hydrogen-bond acceptors (Lipinski definition) is 3. The smallest absolute Gasteiger partial charge is 0.0358 e. The fourth-order valence-electron chi connectivity index (χ4n) is 0.843. The Morgan fingerprint density at radius 3 is 2.89 bits per heavy atom. The Morgan fingerprint density at radius 1 is 1.67 bits per heavy atom. The second kappa shape index (κ2) is 2.64. The zero-order valence-corrected chi connectivity index (χ0v) is 5.52. The molecule has 0 aromatic carbocycles. The summed E-state index contributed by atoms with van der Waals surface area (Å²) in [4.78, 5) is 3.87. The lowest BCUT2D eigenvalue weighted by Crippen LogP contribution is -2.11. The number of nitrogens with two attached hydrogens (primary N) is 1. The zero-order valence-electron chi connectivity index (χ0n) is 5.52. The largest absolute Gasteiger partial charge is 0.401 e. The summed E-state index contributed by atoms with van der Waals surface area (Å²) in [6.07, 6.45) is 1.80. The molecule has 3 N–H and O–H groups in total. The Morgan fingerprint density at radius 2 is 2.44 bits per heavy atom. The van der Waals surface area contributed by atoms with E-state index in [-0.39, 0.29) is 0 Å². The molecular formula is C6H11N3. The van der Waals surface area contributed by atoms with Crippen LogP contribution in [0.2, 0.25) is 0 Å². The molecule has 1 rings (SSSR count). The van der Waals surface area contributed by atoms with Crippen LogP contribution >= 0.6 is 0 Å². The second-order valence-corrected chi connectivity index (χ2v) is 2.04. The molecule has 0 spiro atoms. The monoisotopic (exact) mass is 125 g/mol. The summed E-state index contributed by atoms with van der Waals surface area (Å²) in [6, 6.07) is 0. The van der Waals surface area contributed by atoms with Gasteiger partial charge in [0, 0.05) is 37.6 Å². The summed E-state index contributed by atoms with van der Waals surface area (Å²) in [5.74, 6) is 0. The normalized spacial score (nSPS) is 20.1. The lowest BCUT2D eigenvalue weighted by atomic mass is 10.3. The molecule has 0 fully saturated rings. The maximum Gasteiger partial charge on any atom is 0.0358 e. The van der Waals surface area contributed by atoms with Crippen molar-refractivity contribution in [2.75, 3.05) is 20.1 Å². The fourth-order valence-corrected chi connectivity index (χ4v) is 0.843. The van der Waals surface area contributed by atoms with Crippen LogP contribution in [0, 0.1) is 0 Å². The first-order valence-corrected chi connectivity index (χ1v) is 2.95. The second-order valence-electron chi connectivity index (χ2n) is 2.04. The first-order chi connectivity index (χ1) is 4.34. The minimum absolute atomic E-state index is 0.807. The van der Waals surface area contributed by atoms with E-state index in [1.165, 1.54) is 0 Å². The van der Waals surface area contributed by atoms with Gasteiger partial charge in [-0.25, -0.2) is 0 Å². The Balaban J connectivity index is 2.66. The molecule has 9 heavy (non-hydrogen) atoms. The average Bonchev–Trinajstić information content (AvgIpc) is 2.18. The van der Waals surface area contributed by atoms with Crippen LogP contribution in [0.15, 0.2) is 16.3 Å². The summed E-state index contributed by atoms with van der Waals surface area (Å²) in [5, 5.41) is 3.12. The van der Waals surface area contributed by atoms with Gasteiger partial charge in [0.2, 0.25) is 0 Å². The molecule has 3 heteroatoms. The summed E-state index contributed by atoms with van der Waals surface area (Å²) in [7, 11) is 1.75.